The van der Waals surface area contributed by atoms with Gasteiger partial charge >= 0.3 is 0 Å². The van der Waals surface area contributed by atoms with E-state index in [0.29, 0.717) is 11.5 Å². The monoisotopic (exact) mass is 238 g/mol. The smallest absolute Gasteiger partial charge is 0.183 e. The molecule has 6 heteroatoms. The molecule has 0 radical (unpaired) electrons. The van der Waals surface area contributed by atoms with Crippen LogP contribution in [-0.4, -0.2) is 25.6 Å². The van der Waals surface area contributed by atoms with Gasteiger partial charge in [-0.25, -0.2) is 14.6 Å². The zero-order valence-corrected chi connectivity index (χ0v) is 9.41. The molecule has 2 aromatic heterocycles. The third-order valence-electron chi connectivity index (χ3n) is 2.61. The van der Waals surface area contributed by atoms with Gasteiger partial charge in [0.2, 0.25) is 0 Å². The SMILES string of the molecule is N=C(N)c1nccnc1-n1ncc2ccccc21. The van der Waals surface area contributed by atoms with E-state index in [4.69, 9.17) is 11.1 Å². The number of amidine groups is 1. The number of hydrogen-bond acceptors (Lipinski definition) is 4. The number of fused-ring (bicyclic) bond motifs is 1. The van der Waals surface area contributed by atoms with Gasteiger partial charge in [-0.3, -0.25) is 5.41 Å². The number of nitrogens with two attached hydrogens (primary N) is 1. The molecule has 0 aliphatic rings. The van der Waals surface area contributed by atoms with Crippen LogP contribution in [0.25, 0.3) is 16.7 Å². The van der Waals surface area contributed by atoms with Crippen molar-refractivity contribution in [2.45, 2.75) is 0 Å². The number of hydrogen-bond donors (Lipinski definition) is 2. The Balaban J connectivity index is 2.30. The van der Waals surface area contributed by atoms with Crippen molar-refractivity contribution in [1.82, 2.24) is 19.7 Å². The van der Waals surface area contributed by atoms with Gasteiger partial charge in [0.15, 0.2) is 5.82 Å². The van der Waals surface area contributed by atoms with Crippen molar-refractivity contribution in [3.63, 3.8) is 0 Å². The van der Waals surface area contributed by atoms with Crippen LogP contribution < -0.4 is 5.73 Å². The average Bonchev–Trinajstić information content (AvgIpc) is 2.82. The predicted octanol–water partition coefficient (Wildman–Crippen LogP) is 1.10. The molecular formula is C12H10N6. The van der Waals surface area contributed by atoms with E-state index in [1.54, 1.807) is 17.1 Å². The van der Waals surface area contributed by atoms with E-state index in [9.17, 15) is 0 Å². The summed E-state index contributed by atoms with van der Waals surface area (Å²) >= 11 is 0. The largest absolute Gasteiger partial charge is 0.382 e. The highest BCUT2D eigenvalue weighted by molar-refractivity contribution is 5.96. The van der Waals surface area contributed by atoms with Gasteiger partial charge in [0.05, 0.1) is 11.7 Å². The third-order valence-corrected chi connectivity index (χ3v) is 2.61. The molecule has 2 heterocycles. The molecule has 3 aromatic rings. The summed E-state index contributed by atoms with van der Waals surface area (Å²) in [6.45, 7) is 0. The quantitative estimate of drug-likeness (QED) is 0.516. The maximum absolute atomic E-state index is 7.52. The van der Waals surface area contributed by atoms with Gasteiger partial charge < -0.3 is 5.73 Å². The summed E-state index contributed by atoms with van der Waals surface area (Å²) in [5, 5.41) is 12.8. The molecule has 0 spiro atoms. The van der Waals surface area contributed by atoms with E-state index in [0.717, 1.165) is 10.9 Å². The fraction of sp³-hybridized carbons (Fsp3) is 0. The van der Waals surface area contributed by atoms with E-state index >= 15 is 0 Å². The minimum absolute atomic E-state index is 0.127. The molecule has 0 unspecified atom stereocenters. The number of nitrogens with zero attached hydrogens (tertiary/aromatic N) is 4. The van der Waals surface area contributed by atoms with Crippen molar-refractivity contribution in [2.24, 2.45) is 5.73 Å². The second kappa shape index (κ2) is 3.92. The first-order valence-electron chi connectivity index (χ1n) is 5.36. The molecule has 0 aliphatic carbocycles. The van der Waals surface area contributed by atoms with Gasteiger partial charge in [-0.15, -0.1) is 0 Å². The fourth-order valence-corrected chi connectivity index (χ4v) is 1.82. The van der Waals surface area contributed by atoms with Gasteiger partial charge in [-0.1, -0.05) is 18.2 Å². The molecule has 0 atom stereocenters. The number of rotatable bonds is 2. The third kappa shape index (κ3) is 1.51. The highest BCUT2D eigenvalue weighted by Gasteiger charge is 2.12. The molecular weight excluding hydrogens is 228 g/mol. The summed E-state index contributed by atoms with van der Waals surface area (Å²) in [4.78, 5) is 8.28. The molecule has 6 nitrogen and oxygen atoms in total. The molecule has 0 bridgehead atoms. The lowest BCUT2D eigenvalue weighted by Gasteiger charge is -2.06. The lowest BCUT2D eigenvalue weighted by molar-refractivity contribution is 0.859. The van der Waals surface area contributed by atoms with Crippen LogP contribution >= 0.6 is 0 Å². The summed E-state index contributed by atoms with van der Waals surface area (Å²) < 4.78 is 1.64. The Morgan fingerprint density at radius 3 is 2.78 bits per heavy atom. The average molecular weight is 238 g/mol. The Morgan fingerprint density at radius 1 is 1.17 bits per heavy atom. The van der Waals surface area contributed by atoms with E-state index < -0.39 is 0 Å². The minimum atomic E-state index is -0.127. The van der Waals surface area contributed by atoms with Crippen LogP contribution in [0.4, 0.5) is 0 Å². The van der Waals surface area contributed by atoms with Crippen LogP contribution in [-0.2, 0) is 0 Å². The second-order valence-corrected chi connectivity index (χ2v) is 3.76. The topological polar surface area (TPSA) is 93.5 Å². The van der Waals surface area contributed by atoms with Crippen molar-refractivity contribution in [1.29, 1.82) is 5.41 Å². The number of nitrogen functional groups attached to an aromatic ring is 1. The van der Waals surface area contributed by atoms with Gasteiger partial charge in [-0.05, 0) is 6.07 Å². The highest BCUT2D eigenvalue weighted by Crippen LogP contribution is 2.17. The first-order chi connectivity index (χ1) is 8.77. The summed E-state index contributed by atoms with van der Waals surface area (Å²) in [6, 6.07) is 7.75. The standard InChI is InChI=1S/C12H10N6/c13-11(14)10-12(16-6-5-15-10)18-9-4-2-1-3-8(9)7-17-18/h1-7H,(H3,13,14). The fourth-order valence-electron chi connectivity index (χ4n) is 1.82. The Kier molecular flexibility index (Phi) is 2.26. The van der Waals surface area contributed by atoms with Crippen molar-refractivity contribution < 1.29 is 0 Å². The van der Waals surface area contributed by atoms with Crippen molar-refractivity contribution >= 4 is 16.7 Å². The molecule has 3 N–H and O–H groups in total. The van der Waals surface area contributed by atoms with Gasteiger partial charge in [-0.2, -0.15) is 5.10 Å². The summed E-state index contributed by atoms with van der Waals surface area (Å²) in [7, 11) is 0. The number of aromatic nitrogens is 4. The molecule has 0 fully saturated rings. The maximum atomic E-state index is 7.52. The van der Waals surface area contributed by atoms with Crippen molar-refractivity contribution in [2.75, 3.05) is 0 Å². The zero-order chi connectivity index (χ0) is 12.5. The predicted molar refractivity (Wildman–Crippen MR) is 67.7 cm³/mol. The van der Waals surface area contributed by atoms with Crippen LogP contribution in [0.15, 0.2) is 42.9 Å². The molecule has 0 aliphatic heterocycles. The first kappa shape index (κ1) is 10.4. The summed E-state index contributed by atoms with van der Waals surface area (Å²) in [5.41, 5.74) is 6.73. The summed E-state index contributed by atoms with van der Waals surface area (Å²) in [6.07, 6.45) is 4.80. The molecule has 18 heavy (non-hydrogen) atoms. The van der Waals surface area contributed by atoms with Gasteiger partial charge in [0.25, 0.3) is 0 Å². The Bertz CT molecular complexity index is 730. The van der Waals surface area contributed by atoms with E-state index in [1.165, 1.54) is 6.20 Å². The van der Waals surface area contributed by atoms with Crippen LogP contribution in [0, 0.1) is 5.41 Å². The van der Waals surface area contributed by atoms with Crippen molar-refractivity contribution in [3.05, 3.63) is 48.5 Å². The van der Waals surface area contributed by atoms with Crippen LogP contribution in [0.1, 0.15) is 5.69 Å². The van der Waals surface area contributed by atoms with Gasteiger partial charge in [0.1, 0.15) is 11.5 Å². The normalized spacial score (nSPS) is 10.7. The maximum Gasteiger partial charge on any atom is 0.183 e. The lowest BCUT2D eigenvalue weighted by atomic mass is 10.2. The number of benzene rings is 1. The van der Waals surface area contributed by atoms with Crippen LogP contribution in [0.5, 0.6) is 0 Å². The highest BCUT2D eigenvalue weighted by atomic mass is 15.3. The lowest BCUT2D eigenvalue weighted by Crippen LogP contribution is -2.18. The Morgan fingerprint density at radius 2 is 1.94 bits per heavy atom. The van der Waals surface area contributed by atoms with Crippen LogP contribution in [0.2, 0.25) is 0 Å². The first-order valence-corrected chi connectivity index (χ1v) is 5.36. The molecule has 0 saturated carbocycles. The molecule has 0 saturated heterocycles. The molecule has 3 rings (SSSR count). The number of nitrogens with one attached hydrogen (secondary N) is 1. The minimum Gasteiger partial charge on any atom is -0.382 e. The van der Waals surface area contributed by atoms with E-state index in [2.05, 4.69) is 15.1 Å². The Hall–Kier alpha value is -2.76. The molecule has 0 amide bonds. The summed E-state index contributed by atoms with van der Waals surface area (Å²) in [5.74, 6) is 0.337. The molecule has 88 valence electrons. The molecule has 1 aromatic carbocycles. The van der Waals surface area contributed by atoms with Gasteiger partial charge in [0, 0.05) is 17.8 Å². The van der Waals surface area contributed by atoms with Crippen LogP contribution in [0.3, 0.4) is 0 Å². The number of para-hydroxylation sites is 1. The van der Waals surface area contributed by atoms with E-state index in [-0.39, 0.29) is 5.84 Å². The van der Waals surface area contributed by atoms with Crippen molar-refractivity contribution in [3.8, 4) is 5.82 Å². The second-order valence-electron chi connectivity index (χ2n) is 3.76. The zero-order valence-electron chi connectivity index (χ0n) is 9.41. The Labute approximate surface area is 103 Å². The van der Waals surface area contributed by atoms with E-state index in [1.807, 2.05) is 24.3 Å².